The quantitative estimate of drug-likeness (QED) is 0.807. The molecule has 1 aromatic heterocycles. The molecule has 0 aromatic carbocycles. The van der Waals surface area contributed by atoms with Gasteiger partial charge in [-0.2, -0.15) is 0 Å². The lowest BCUT2D eigenvalue weighted by Gasteiger charge is -2.22. The molecule has 1 saturated heterocycles. The van der Waals surface area contributed by atoms with Crippen molar-refractivity contribution in [2.75, 3.05) is 18.6 Å². The monoisotopic (exact) mass is 338 g/mol. The van der Waals surface area contributed by atoms with Crippen LogP contribution in [0.15, 0.2) is 16.3 Å². The Hall–Kier alpha value is -0.480. The van der Waals surface area contributed by atoms with E-state index in [0.717, 1.165) is 4.88 Å². The van der Waals surface area contributed by atoms with Crippen LogP contribution in [0.1, 0.15) is 17.7 Å². The third-order valence-electron chi connectivity index (χ3n) is 3.04. The van der Waals surface area contributed by atoms with Crippen molar-refractivity contribution in [3.63, 3.8) is 0 Å². The van der Waals surface area contributed by atoms with E-state index in [1.807, 2.05) is 0 Å². The summed E-state index contributed by atoms with van der Waals surface area (Å²) < 4.78 is 50.2. The maximum absolute atomic E-state index is 12.2. The second kappa shape index (κ2) is 6.10. The average Bonchev–Trinajstić information content (AvgIpc) is 2.77. The summed E-state index contributed by atoms with van der Waals surface area (Å²) in [6.07, 6.45) is 1.07. The number of sulfone groups is 1. The summed E-state index contributed by atoms with van der Waals surface area (Å²) in [7, 11) is -4.96. The van der Waals surface area contributed by atoms with Crippen LogP contribution in [-0.4, -0.2) is 41.4 Å². The van der Waals surface area contributed by atoms with Crippen molar-refractivity contribution in [1.29, 1.82) is 0 Å². The number of sulfonamides is 1. The first-order valence-corrected chi connectivity index (χ1v) is 10.4. The molecule has 0 radical (unpaired) electrons. The Kier molecular flexibility index (Phi) is 4.85. The highest BCUT2D eigenvalue weighted by molar-refractivity contribution is 7.92. The van der Waals surface area contributed by atoms with Crippen LogP contribution >= 0.6 is 11.3 Å². The summed E-state index contributed by atoms with van der Waals surface area (Å²) in [6.45, 7) is 0.609. The van der Waals surface area contributed by atoms with E-state index in [2.05, 4.69) is 10.0 Å². The Morgan fingerprint density at radius 3 is 2.80 bits per heavy atom. The molecule has 2 rings (SSSR count). The maximum atomic E-state index is 12.2. The molecule has 1 aliphatic heterocycles. The molecule has 0 aliphatic carbocycles. The van der Waals surface area contributed by atoms with Crippen molar-refractivity contribution < 1.29 is 16.8 Å². The van der Waals surface area contributed by atoms with Crippen molar-refractivity contribution in [2.45, 2.75) is 29.6 Å². The fourth-order valence-electron chi connectivity index (χ4n) is 2.17. The summed E-state index contributed by atoms with van der Waals surface area (Å²) >= 11 is 1.19. The first kappa shape index (κ1) is 15.9. The first-order valence-electron chi connectivity index (χ1n) is 6.28. The van der Waals surface area contributed by atoms with Crippen molar-refractivity contribution in [3.05, 3.63) is 17.0 Å². The Labute approximate surface area is 123 Å². The molecule has 20 heavy (non-hydrogen) atoms. The zero-order chi connectivity index (χ0) is 14.8. The molecular formula is C11H18N2O4S3. The highest BCUT2D eigenvalue weighted by atomic mass is 32.2. The molecule has 9 heteroatoms. The van der Waals surface area contributed by atoms with E-state index in [1.165, 1.54) is 11.3 Å². The molecule has 1 aromatic rings. The molecule has 1 aliphatic rings. The van der Waals surface area contributed by atoms with Gasteiger partial charge in [0.1, 0.15) is 4.21 Å². The van der Waals surface area contributed by atoms with E-state index >= 15 is 0 Å². The van der Waals surface area contributed by atoms with Crippen LogP contribution in [0.3, 0.4) is 0 Å². The lowest BCUT2D eigenvalue weighted by molar-refractivity contribution is 0.518. The fraction of sp³-hybridized carbons (Fsp3) is 0.636. The number of rotatable bonds is 5. The molecule has 6 nitrogen and oxygen atoms in total. The van der Waals surface area contributed by atoms with E-state index in [0.29, 0.717) is 19.4 Å². The predicted octanol–water partition coefficient (Wildman–Crippen LogP) is 0.323. The van der Waals surface area contributed by atoms with Crippen LogP contribution in [0.5, 0.6) is 0 Å². The fourth-order valence-corrected chi connectivity index (χ4v) is 6.56. The molecule has 0 spiro atoms. The highest BCUT2D eigenvalue weighted by Gasteiger charge is 2.29. The van der Waals surface area contributed by atoms with Gasteiger partial charge in [-0.1, -0.05) is 0 Å². The van der Waals surface area contributed by atoms with E-state index in [9.17, 15) is 16.8 Å². The van der Waals surface area contributed by atoms with E-state index < -0.39 is 25.9 Å². The van der Waals surface area contributed by atoms with Crippen molar-refractivity contribution in [1.82, 2.24) is 10.0 Å². The molecular weight excluding hydrogens is 320 g/mol. The minimum atomic E-state index is -3.63. The Morgan fingerprint density at radius 1 is 1.40 bits per heavy atom. The number of hydrogen-bond acceptors (Lipinski definition) is 6. The van der Waals surface area contributed by atoms with Gasteiger partial charge in [-0.15, -0.1) is 11.3 Å². The third kappa shape index (κ3) is 4.01. The van der Waals surface area contributed by atoms with Gasteiger partial charge in [0.25, 0.3) is 0 Å². The second-order valence-electron chi connectivity index (χ2n) is 4.83. The van der Waals surface area contributed by atoms with Gasteiger partial charge < -0.3 is 5.32 Å². The minimum Gasteiger partial charge on any atom is -0.315 e. The number of nitrogens with one attached hydrogen (secondary N) is 2. The molecule has 1 unspecified atom stereocenters. The van der Waals surface area contributed by atoms with Gasteiger partial charge in [-0.25, -0.2) is 21.6 Å². The average molecular weight is 338 g/mol. The van der Waals surface area contributed by atoms with Gasteiger partial charge >= 0.3 is 0 Å². The lowest BCUT2D eigenvalue weighted by atomic mass is 10.2. The largest absolute Gasteiger partial charge is 0.315 e. The first-order chi connectivity index (χ1) is 9.32. The molecule has 1 fully saturated rings. The van der Waals surface area contributed by atoms with Gasteiger partial charge in [-0.05, 0) is 32.0 Å². The maximum Gasteiger partial charge on any atom is 0.250 e. The van der Waals surface area contributed by atoms with E-state index in [4.69, 9.17) is 0 Å². The van der Waals surface area contributed by atoms with Crippen LogP contribution in [0.25, 0.3) is 0 Å². The Bertz CT molecular complexity index is 664. The summed E-state index contributed by atoms with van der Waals surface area (Å²) in [6, 6.07) is 2.79. The zero-order valence-electron chi connectivity index (χ0n) is 11.1. The SMILES string of the molecule is CNCc1ccc(S(=O)(=O)NC2CCCS(=O)(=O)C2)s1. The van der Waals surface area contributed by atoms with Crippen molar-refractivity contribution in [3.8, 4) is 0 Å². The highest BCUT2D eigenvalue weighted by Crippen LogP contribution is 2.23. The molecule has 114 valence electrons. The molecule has 2 heterocycles. The van der Waals surface area contributed by atoms with Crippen LogP contribution < -0.4 is 10.0 Å². The van der Waals surface area contributed by atoms with E-state index in [-0.39, 0.29) is 15.7 Å². The lowest BCUT2D eigenvalue weighted by Crippen LogP contribution is -2.42. The summed E-state index contributed by atoms with van der Waals surface area (Å²) in [5, 5.41) is 2.96. The zero-order valence-corrected chi connectivity index (χ0v) is 13.6. The van der Waals surface area contributed by atoms with Gasteiger partial charge in [-0.3, -0.25) is 0 Å². The third-order valence-corrected chi connectivity index (χ3v) is 7.96. The predicted molar refractivity (Wildman–Crippen MR) is 79.1 cm³/mol. The summed E-state index contributed by atoms with van der Waals surface area (Å²) in [5.41, 5.74) is 0. The molecule has 0 amide bonds. The van der Waals surface area contributed by atoms with Crippen LogP contribution in [0.4, 0.5) is 0 Å². The molecule has 0 bridgehead atoms. The Morgan fingerprint density at radius 2 is 2.15 bits per heavy atom. The topological polar surface area (TPSA) is 92.3 Å². The van der Waals surface area contributed by atoms with Gasteiger partial charge in [0, 0.05) is 17.5 Å². The normalized spacial score (nSPS) is 22.8. The van der Waals surface area contributed by atoms with Gasteiger partial charge in [0.2, 0.25) is 10.0 Å². The minimum absolute atomic E-state index is 0.110. The van der Waals surface area contributed by atoms with Crippen LogP contribution in [0.2, 0.25) is 0 Å². The molecule has 2 N–H and O–H groups in total. The number of hydrogen-bond donors (Lipinski definition) is 2. The summed E-state index contributed by atoms with van der Waals surface area (Å²) in [4.78, 5) is 0.921. The summed E-state index contributed by atoms with van der Waals surface area (Å²) in [5.74, 6) is 0.0392. The second-order valence-corrected chi connectivity index (χ2v) is 10.2. The van der Waals surface area contributed by atoms with Crippen molar-refractivity contribution in [2.24, 2.45) is 0 Å². The van der Waals surface area contributed by atoms with Crippen LogP contribution in [0, 0.1) is 0 Å². The van der Waals surface area contributed by atoms with E-state index in [1.54, 1.807) is 19.2 Å². The van der Waals surface area contributed by atoms with Gasteiger partial charge in [0.05, 0.1) is 11.5 Å². The van der Waals surface area contributed by atoms with Gasteiger partial charge in [0.15, 0.2) is 9.84 Å². The number of thiophene rings is 1. The Balaban J connectivity index is 2.10. The molecule has 1 atom stereocenters. The standard InChI is InChI=1S/C11H18N2O4S3/c1-12-7-10-4-5-11(18-10)20(16,17)13-9-3-2-6-19(14,15)8-9/h4-5,9,12-13H,2-3,6-8H2,1H3. The smallest absolute Gasteiger partial charge is 0.250 e. The molecule has 0 saturated carbocycles. The van der Waals surface area contributed by atoms with Crippen molar-refractivity contribution >= 4 is 31.2 Å². The van der Waals surface area contributed by atoms with Crippen LogP contribution in [-0.2, 0) is 26.4 Å².